The number of nitrogens with one attached hydrogen (secondary N) is 2. The predicted molar refractivity (Wildman–Crippen MR) is 141 cm³/mol. The molecular formula is C29H37N3O5. The number of nitrogens with zero attached hydrogens (tertiary/aromatic N) is 1. The van der Waals surface area contributed by atoms with E-state index in [0.717, 1.165) is 10.8 Å². The predicted octanol–water partition coefficient (Wildman–Crippen LogP) is 2.94. The van der Waals surface area contributed by atoms with Crippen LogP contribution in [0.1, 0.15) is 40.5 Å². The highest BCUT2D eigenvalue weighted by molar-refractivity contribution is 6.04. The van der Waals surface area contributed by atoms with Crippen molar-refractivity contribution in [3.63, 3.8) is 0 Å². The summed E-state index contributed by atoms with van der Waals surface area (Å²) in [7, 11) is 1.56. The number of benzene rings is 2. The monoisotopic (exact) mass is 507 g/mol. The smallest absolute Gasteiger partial charge is 0.250 e. The molecule has 3 saturated heterocycles. The quantitative estimate of drug-likeness (QED) is 0.534. The van der Waals surface area contributed by atoms with Crippen molar-refractivity contribution in [1.29, 1.82) is 0 Å². The second-order valence-electron chi connectivity index (χ2n) is 11.6. The maximum Gasteiger partial charge on any atom is 0.250 e. The molecular weight excluding hydrogens is 470 g/mol. The van der Waals surface area contributed by atoms with Crippen LogP contribution in [0.4, 0.5) is 5.69 Å². The third-order valence-corrected chi connectivity index (χ3v) is 8.89. The molecule has 5 rings (SSSR count). The fourth-order valence-electron chi connectivity index (χ4n) is 7.22. The van der Waals surface area contributed by atoms with E-state index < -0.39 is 35.1 Å². The molecule has 198 valence electrons. The highest BCUT2D eigenvalue weighted by atomic mass is 16.5. The van der Waals surface area contributed by atoms with Crippen molar-refractivity contribution in [1.82, 2.24) is 10.2 Å². The number of carbonyl (C=O) groups excluding carboxylic acids is 3. The molecule has 3 amide bonds. The van der Waals surface area contributed by atoms with Crippen LogP contribution in [0.2, 0.25) is 0 Å². The zero-order valence-corrected chi connectivity index (χ0v) is 22.2. The third-order valence-electron chi connectivity index (χ3n) is 8.89. The minimum absolute atomic E-state index is 0.0348. The Kier molecular flexibility index (Phi) is 6.31. The summed E-state index contributed by atoms with van der Waals surface area (Å²) >= 11 is 0. The Morgan fingerprint density at radius 1 is 1.16 bits per heavy atom. The number of amides is 3. The lowest BCUT2D eigenvalue weighted by molar-refractivity contribution is -0.149. The van der Waals surface area contributed by atoms with E-state index in [4.69, 9.17) is 4.74 Å². The topological polar surface area (TPSA) is 108 Å². The molecule has 0 radical (unpaired) electrons. The van der Waals surface area contributed by atoms with Gasteiger partial charge in [0.15, 0.2) is 0 Å². The minimum atomic E-state index is -1.15. The number of rotatable bonds is 7. The zero-order chi connectivity index (χ0) is 26.7. The number of likely N-dealkylation sites (tertiary alicyclic amines) is 1. The Balaban J connectivity index is 1.59. The fourth-order valence-corrected chi connectivity index (χ4v) is 7.22. The number of carbonyl (C=O) groups is 3. The van der Waals surface area contributed by atoms with E-state index in [9.17, 15) is 19.5 Å². The first kappa shape index (κ1) is 25.7. The van der Waals surface area contributed by atoms with Crippen LogP contribution in [0.5, 0.6) is 0 Å². The van der Waals surface area contributed by atoms with Gasteiger partial charge in [0.2, 0.25) is 17.7 Å². The van der Waals surface area contributed by atoms with Gasteiger partial charge < -0.3 is 25.4 Å². The molecule has 0 aromatic heterocycles. The molecule has 3 unspecified atom stereocenters. The van der Waals surface area contributed by atoms with Crippen LogP contribution >= 0.6 is 0 Å². The average Bonchev–Trinajstić information content (AvgIpc) is 3.38. The van der Waals surface area contributed by atoms with Gasteiger partial charge in [-0.05, 0) is 54.5 Å². The van der Waals surface area contributed by atoms with Crippen molar-refractivity contribution < 1.29 is 24.2 Å². The lowest BCUT2D eigenvalue weighted by atomic mass is 9.62. The largest absolute Gasteiger partial charge is 0.394 e. The van der Waals surface area contributed by atoms with Crippen LogP contribution in [0, 0.1) is 23.7 Å². The summed E-state index contributed by atoms with van der Waals surface area (Å²) in [5.41, 5.74) is -1.39. The van der Waals surface area contributed by atoms with Gasteiger partial charge >= 0.3 is 0 Å². The minimum Gasteiger partial charge on any atom is -0.394 e. The number of hydrogen-bond acceptors (Lipinski definition) is 5. The maximum absolute atomic E-state index is 14.2. The van der Waals surface area contributed by atoms with Gasteiger partial charge in [-0.3, -0.25) is 14.4 Å². The molecule has 2 aromatic carbocycles. The molecule has 0 saturated carbocycles. The number of ether oxygens (including phenoxy) is 1. The molecule has 7 atom stereocenters. The summed E-state index contributed by atoms with van der Waals surface area (Å²) in [5, 5.41) is 18.2. The highest BCUT2D eigenvalue weighted by Gasteiger charge is 2.80. The van der Waals surface area contributed by atoms with E-state index in [1.807, 2.05) is 70.2 Å². The standard InChI is InChI=1S/C29H37N3O5/c1-16(2)12-21(15-33)32-24(26(35)31-20-11-10-18-8-6-7-9-19(18)13-20)29-14-17(3)28(4,37-29)22(25(34)30-5)23(29)27(32)36/h6-11,13,16-17,21-24,33H,12,14-15H2,1-5H3,(H,30,34)(H,31,35)/t17?,21-,22+,23+,24?,28-,29?/m1/s1. The molecule has 3 aliphatic rings. The lowest BCUT2D eigenvalue weighted by Gasteiger charge is -2.37. The summed E-state index contributed by atoms with van der Waals surface area (Å²) in [6.07, 6.45) is 1.02. The Bertz CT molecular complexity index is 1250. The van der Waals surface area contributed by atoms with E-state index in [2.05, 4.69) is 10.6 Å². The van der Waals surface area contributed by atoms with E-state index >= 15 is 0 Å². The van der Waals surface area contributed by atoms with Crippen molar-refractivity contribution in [3.8, 4) is 0 Å². The van der Waals surface area contributed by atoms with E-state index in [1.165, 1.54) is 4.90 Å². The Morgan fingerprint density at radius 2 is 1.86 bits per heavy atom. The summed E-state index contributed by atoms with van der Waals surface area (Å²) < 4.78 is 6.70. The number of anilines is 1. The van der Waals surface area contributed by atoms with Crippen molar-refractivity contribution in [3.05, 3.63) is 42.5 Å². The van der Waals surface area contributed by atoms with Gasteiger partial charge in [0, 0.05) is 12.7 Å². The van der Waals surface area contributed by atoms with Crippen LogP contribution in [-0.4, -0.2) is 64.7 Å². The second kappa shape index (κ2) is 9.10. The Hall–Kier alpha value is -2.97. The van der Waals surface area contributed by atoms with Crippen LogP contribution in [-0.2, 0) is 19.1 Å². The molecule has 3 N–H and O–H groups in total. The second-order valence-corrected chi connectivity index (χ2v) is 11.6. The first-order valence-electron chi connectivity index (χ1n) is 13.2. The number of fused-ring (bicyclic) bond motifs is 2. The van der Waals surface area contributed by atoms with E-state index in [0.29, 0.717) is 18.5 Å². The molecule has 3 heterocycles. The summed E-state index contributed by atoms with van der Waals surface area (Å²) in [6.45, 7) is 7.67. The number of hydrogen-bond donors (Lipinski definition) is 3. The molecule has 8 heteroatoms. The van der Waals surface area contributed by atoms with Gasteiger partial charge in [-0.1, -0.05) is 51.1 Å². The van der Waals surface area contributed by atoms with Crippen molar-refractivity contribution in [2.45, 2.75) is 63.8 Å². The van der Waals surface area contributed by atoms with E-state index in [-0.39, 0.29) is 36.2 Å². The SMILES string of the molecule is CNC(=O)[C@@H]1[C@H]2C(=O)N([C@@H](CO)CC(C)C)C(C(=O)Nc3ccc4ccccc4c3)C23CC(C)[C@@]1(C)O3. The van der Waals surface area contributed by atoms with Gasteiger partial charge in [-0.15, -0.1) is 0 Å². The normalized spacial score (nSPS) is 33.2. The molecule has 37 heavy (non-hydrogen) atoms. The molecule has 3 aliphatic heterocycles. The van der Waals surface area contributed by atoms with Crippen LogP contribution in [0.15, 0.2) is 42.5 Å². The first-order chi connectivity index (χ1) is 17.6. The highest BCUT2D eigenvalue weighted by Crippen LogP contribution is 2.65. The van der Waals surface area contributed by atoms with Crippen molar-refractivity contribution in [2.75, 3.05) is 19.0 Å². The van der Waals surface area contributed by atoms with Crippen LogP contribution in [0.25, 0.3) is 10.8 Å². The summed E-state index contributed by atoms with van der Waals surface area (Å²) in [6, 6.07) is 12.1. The molecule has 1 spiro atoms. The average molecular weight is 508 g/mol. The van der Waals surface area contributed by atoms with Gasteiger partial charge in [0.05, 0.1) is 30.1 Å². The van der Waals surface area contributed by atoms with Crippen molar-refractivity contribution >= 4 is 34.2 Å². The fraction of sp³-hybridized carbons (Fsp3) is 0.552. The molecule has 3 fully saturated rings. The number of aliphatic hydroxyl groups excluding tert-OH is 1. The van der Waals surface area contributed by atoms with Crippen LogP contribution < -0.4 is 10.6 Å². The zero-order valence-electron chi connectivity index (χ0n) is 22.2. The van der Waals surface area contributed by atoms with E-state index in [1.54, 1.807) is 7.05 Å². The summed E-state index contributed by atoms with van der Waals surface area (Å²) in [5.74, 6) is -2.25. The van der Waals surface area contributed by atoms with Gasteiger partial charge in [-0.25, -0.2) is 0 Å². The lowest BCUT2D eigenvalue weighted by Crippen LogP contribution is -2.56. The number of aliphatic hydroxyl groups is 1. The Labute approximate surface area is 217 Å². The maximum atomic E-state index is 14.2. The molecule has 8 nitrogen and oxygen atoms in total. The molecule has 2 bridgehead atoms. The van der Waals surface area contributed by atoms with Gasteiger partial charge in [0.25, 0.3) is 0 Å². The van der Waals surface area contributed by atoms with Gasteiger partial charge in [0.1, 0.15) is 11.6 Å². The van der Waals surface area contributed by atoms with Crippen LogP contribution in [0.3, 0.4) is 0 Å². The van der Waals surface area contributed by atoms with Gasteiger partial charge in [-0.2, -0.15) is 0 Å². The molecule has 0 aliphatic carbocycles. The molecule has 2 aromatic rings. The summed E-state index contributed by atoms with van der Waals surface area (Å²) in [4.78, 5) is 43.0. The van der Waals surface area contributed by atoms with Crippen molar-refractivity contribution in [2.24, 2.45) is 23.7 Å². The Morgan fingerprint density at radius 3 is 2.51 bits per heavy atom. The third kappa shape index (κ3) is 3.76. The first-order valence-corrected chi connectivity index (χ1v) is 13.2.